The monoisotopic (exact) mass is 428 g/mol. The van der Waals surface area contributed by atoms with E-state index in [1.54, 1.807) is 19.1 Å². The van der Waals surface area contributed by atoms with Gasteiger partial charge in [-0.15, -0.1) is 0 Å². The van der Waals surface area contributed by atoms with Crippen molar-refractivity contribution in [3.05, 3.63) is 58.6 Å². The number of aryl methyl sites for hydroxylation is 2. The van der Waals surface area contributed by atoms with Gasteiger partial charge in [0.1, 0.15) is 0 Å². The molecule has 0 aromatic heterocycles. The van der Waals surface area contributed by atoms with Gasteiger partial charge >= 0.3 is 0 Å². The molecule has 0 unspecified atom stereocenters. The van der Waals surface area contributed by atoms with Crippen LogP contribution in [0.5, 0.6) is 0 Å². The molecular weight excluding hydrogens is 408 g/mol. The molecule has 1 saturated heterocycles. The maximum Gasteiger partial charge on any atom is 0.243 e. The predicted octanol–water partition coefficient (Wildman–Crippen LogP) is 2.65. The first-order valence-electron chi connectivity index (χ1n) is 8.45. The standard InChI is InChI=1S/C18H21ClN2O4S2/c1-14-3-8-18(15(2)13-14)27(24,25)21-11-9-20(10-12-21)26(22,23)17-6-4-16(19)5-7-17/h3-8,13H,9-12H2,1-2H3. The number of benzene rings is 2. The van der Waals surface area contributed by atoms with Crippen molar-refractivity contribution < 1.29 is 16.8 Å². The van der Waals surface area contributed by atoms with Crippen LogP contribution in [0.15, 0.2) is 52.3 Å². The Morgan fingerprint density at radius 1 is 0.778 bits per heavy atom. The Bertz CT molecular complexity index is 1040. The first-order chi connectivity index (χ1) is 12.6. The van der Waals surface area contributed by atoms with Crippen molar-refractivity contribution in [1.29, 1.82) is 0 Å². The van der Waals surface area contributed by atoms with Gasteiger partial charge in [-0.05, 0) is 49.7 Å². The maximum atomic E-state index is 12.9. The summed E-state index contributed by atoms with van der Waals surface area (Å²) in [5.74, 6) is 0. The summed E-state index contributed by atoms with van der Waals surface area (Å²) < 4.78 is 54.0. The van der Waals surface area contributed by atoms with Gasteiger partial charge in [-0.2, -0.15) is 8.61 Å². The summed E-state index contributed by atoms with van der Waals surface area (Å²) in [6.45, 7) is 4.11. The zero-order valence-corrected chi connectivity index (χ0v) is 17.5. The Morgan fingerprint density at radius 3 is 1.81 bits per heavy atom. The molecule has 0 spiro atoms. The average Bonchev–Trinajstić information content (AvgIpc) is 2.62. The van der Waals surface area contributed by atoms with Crippen molar-refractivity contribution in [1.82, 2.24) is 8.61 Å². The van der Waals surface area contributed by atoms with Crippen LogP contribution in [-0.2, 0) is 20.0 Å². The van der Waals surface area contributed by atoms with E-state index in [0.717, 1.165) is 5.56 Å². The van der Waals surface area contributed by atoms with Crippen molar-refractivity contribution in [2.24, 2.45) is 0 Å². The Balaban J connectivity index is 1.77. The van der Waals surface area contributed by atoms with Crippen molar-refractivity contribution >= 4 is 31.6 Å². The smallest absolute Gasteiger partial charge is 0.207 e. The van der Waals surface area contributed by atoms with Gasteiger partial charge in [0.25, 0.3) is 0 Å². The Hall–Kier alpha value is -1.45. The lowest BCUT2D eigenvalue weighted by atomic mass is 10.2. The highest BCUT2D eigenvalue weighted by Gasteiger charge is 2.34. The van der Waals surface area contributed by atoms with E-state index in [-0.39, 0.29) is 36.0 Å². The van der Waals surface area contributed by atoms with E-state index < -0.39 is 20.0 Å². The molecule has 9 heteroatoms. The first kappa shape index (κ1) is 20.3. The highest BCUT2D eigenvalue weighted by Crippen LogP contribution is 2.24. The summed E-state index contributed by atoms with van der Waals surface area (Å²) in [7, 11) is -7.33. The summed E-state index contributed by atoms with van der Waals surface area (Å²) >= 11 is 5.82. The lowest BCUT2D eigenvalue weighted by Gasteiger charge is -2.33. The van der Waals surface area contributed by atoms with Gasteiger partial charge in [0, 0.05) is 31.2 Å². The van der Waals surface area contributed by atoms with Gasteiger partial charge in [0.15, 0.2) is 0 Å². The molecular formula is C18H21ClN2O4S2. The van der Waals surface area contributed by atoms with Crippen LogP contribution in [0.1, 0.15) is 11.1 Å². The highest BCUT2D eigenvalue weighted by molar-refractivity contribution is 7.89. The van der Waals surface area contributed by atoms with Gasteiger partial charge in [-0.25, -0.2) is 16.8 Å². The fourth-order valence-electron chi connectivity index (χ4n) is 3.13. The van der Waals surface area contributed by atoms with Crippen LogP contribution in [0.3, 0.4) is 0 Å². The summed E-state index contributed by atoms with van der Waals surface area (Å²) in [6, 6.07) is 11.2. The van der Waals surface area contributed by atoms with Crippen LogP contribution in [0.25, 0.3) is 0 Å². The molecule has 2 aromatic carbocycles. The average molecular weight is 429 g/mol. The van der Waals surface area contributed by atoms with Crippen molar-refractivity contribution in [2.75, 3.05) is 26.2 Å². The van der Waals surface area contributed by atoms with Crippen molar-refractivity contribution in [2.45, 2.75) is 23.6 Å². The second-order valence-electron chi connectivity index (χ2n) is 6.53. The number of halogens is 1. The molecule has 0 saturated carbocycles. The van der Waals surface area contributed by atoms with Gasteiger partial charge in [-0.3, -0.25) is 0 Å². The molecule has 146 valence electrons. The molecule has 3 rings (SSSR count). The minimum atomic E-state index is -3.67. The Kier molecular flexibility index (Phi) is 5.65. The topological polar surface area (TPSA) is 74.8 Å². The minimum absolute atomic E-state index is 0.106. The highest BCUT2D eigenvalue weighted by atomic mass is 35.5. The van der Waals surface area contributed by atoms with E-state index in [9.17, 15) is 16.8 Å². The number of hydrogen-bond donors (Lipinski definition) is 0. The van der Waals surface area contributed by atoms with E-state index in [1.807, 2.05) is 13.0 Å². The van der Waals surface area contributed by atoms with Crippen LogP contribution in [-0.4, -0.2) is 51.6 Å². The van der Waals surface area contributed by atoms with Crippen LogP contribution < -0.4 is 0 Å². The van der Waals surface area contributed by atoms with Gasteiger partial charge < -0.3 is 0 Å². The van der Waals surface area contributed by atoms with Gasteiger partial charge in [-0.1, -0.05) is 29.3 Å². The summed E-state index contributed by atoms with van der Waals surface area (Å²) in [5, 5.41) is 0.457. The molecule has 1 aliphatic heterocycles. The Morgan fingerprint density at radius 2 is 1.30 bits per heavy atom. The van der Waals surface area contributed by atoms with Crippen molar-refractivity contribution in [3.8, 4) is 0 Å². The van der Waals surface area contributed by atoms with Crippen LogP contribution >= 0.6 is 11.6 Å². The number of rotatable bonds is 4. The second kappa shape index (κ2) is 7.52. The molecule has 27 heavy (non-hydrogen) atoms. The molecule has 0 bridgehead atoms. The minimum Gasteiger partial charge on any atom is -0.207 e. The molecule has 1 aliphatic rings. The molecule has 0 radical (unpaired) electrons. The third kappa shape index (κ3) is 4.05. The van der Waals surface area contributed by atoms with E-state index in [4.69, 9.17) is 11.6 Å². The zero-order valence-electron chi connectivity index (χ0n) is 15.1. The van der Waals surface area contributed by atoms with Gasteiger partial charge in [0.2, 0.25) is 20.0 Å². The lowest BCUT2D eigenvalue weighted by Crippen LogP contribution is -2.50. The molecule has 0 atom stereocenters. The van der Waals surface area contributed by atoms with E-state index in [0.29, 0.717) is 10.6 Å². The number of hydrogen-bond acceptors (Lipinski definition) is 4. The van der Waals surface area contributed by atoms with E-state index in [1.165, 1.54) is 32.9 Å². The van der Waals surface area contributed by atoms with Crippen LogP contribution in [0.2, 0.25) is 5.02 Å². The lowest BCUT2D eigenvalue weighted by molar-refractivity contribution is 0.272. The van der Waals surface area contributed by atoms with Gasteiger partial charge in [0.05, 0.1) is 9.79 Å². The number of nitrogens with zero attached hydrogens (tertiary/aromatic N) is 2. The summed E-state index contributed by atoms with van der Waals surface area (Å²) in [5.41, 5.74) is 1.68. The SMILES string of the molecule is Cc1ccc(S(=O)(=O)N2CCN(S(=O)(=O)c3ccc(Cl)cc3)CC2)c(C)c1. The molecule has 6 nitrogen and oxygen atoms in total. The summed E-state index contributed by atoms with van der Waals surface area (Å²) in [6.07, 6.45) is 0. The normalized spacial score (nSPS) is 17.1. The molecule has 2 aromatic rings. The third-order valence-corrected chi connectivity index (χ3v) is 8.82. The quantitative estimate of drug-likeness (QED) is 0.750. The van der Waals surface area contributed by atoms with Crippen LogP contribution in [0.4, 0.5) is 0 Å². The molecule has 0 amide bonds. The zero-order chi connectivity index (χ0) is 19.8. The van der Waals surface area contributed by atoms with Crippen LogP contribution in [0, 0.1) is 13.8 Å². The molecule has 0 N–H and O–H groups in total. The van der Waals surface area contributed by atoms with E-state index in [2.05, 4.69) is 0 Å². The number of piperazine rings is 1. The summed E-state index contributed by atoms with van der Waals surface area (Å²) in [4.78, 5) is 0.416. The maximum absolute atomic E-state index is 12.9. The first-order valence-corrected chi connectivity index (χ1v) is 11.7. The fraction of sp³-hybridized carbons (Fsp3) is 0.333. The van der Waals surface area contributed by atoms with E-state index >= 15 is 0 Å². The fourth-order valence-corrected chi connectivity index (χ4v) is 6.31. The number of sulfonamides is 2. The second-order valence-corrected chi connectivity index (χ2v) is 10.8. The van der Waals surface area contributed by atoms with Crippen molar-refractivity contribution in [3.63, 3.8) is 0 Å². The molecule has 0 aliphatic carbocycles. The Labute approximate surface area is 165 Å². The third-order valence-electron chi connectivity index (χ3n) is 4.60. The predicted molar refractivity (Wildman–Crippen MR) is 105 cm³/mol. The molecule has 1 fully saturated rings. The largest absolute Gasteiger partial charge is 0.243 e. The molecule has 1 heterocycles.